The van der Waals surface area contributed by atoms with E-state index in [-0.39, 0.29) is 17.9 Å². The van der Waals surface area contributed by atoms with Gasteiger partial charge in [0.2, 0.25) is 0 Å². The highest BCUT2D eigenvalue weighted by atomic mass is 79.9. The number of carbonyl (C=O) groups excluding carboxylic acids is 2. The van der Waals surface area contributed by atoms with Crippen molar-refractivity contribution in [1.82, 2.24) is 4.90 Å². The van der Waals surface area contributed by atoms with Crippen LogP contribution in [0.15, 0.2) is 88.9 Å². The van der Waals surface area contributed by atoms with E-state index in [1.54, 1.807) is 31.4 Å². The summed E-state index contributed by atoms with van der Waals surface area (Å²) in [4.78, 5) is 27.6. The van der Waals surface area contributed by atoms with Crippen LogP contribution in [-0.4, -0.2) is 28.8 Å². The van der Waals surface area contributed by atoms with Crippen LogP contribution in [0.2, 0.25) is 0 Å². The van der Waals surface area contributed by atoms with E-state index in [4.69, 9.17) is 4.74 Å². The van der Waals surface area contributed by atoms with Gasteiger partial charge < -0.3 is 14.7 Å². The average molecular weight is 478 g/mol. The van der Waals surface area contributed by atoms with Crippen molar-refractivity contribution in [2.45, 2.75) is 12.6 Å². The fourth-order valence-electron chi connectivity index (χ4n) is 3.76. The predicted octanol–water partition coefficient (Wildman–Crippen LogP) is 5.08. The fourth-order valence-corrected chi connectivity index (χ4v) is 4.02. The molecule has 4 rings (SSSR count). The van der Waals surface area contributed by atoms with E-state index in [0.29, 0.717) is 11.3 Å². The molecule has 3 aromatic rings. The van der Waals surface area contributed by atoms with Gasteiger partial charge in [0.1, 0.15) is 11.5 Å². The van der Waals surface area contributed by atoms with Gasteiger partial charge in [-0.3, -0.25) is 9.59 Å². The van der Waals surface area contributed by atoms with E-state index in [2.05, 4.69) is 15.9 Å². The van der Waals surface area contributed by atoms with Crippen molar-refractivity contribution in [3.8, 4) is 5.75 Å². The topological polar surface area (TPSA) is 66.8 Å². The second-order valence-electron chi connectivity index (χ2n) is 7.20. The number of rotatable bonds is 5. The van der Waals surface area contributed by atoms with Crippen molar-refractivity contribution in [2.24, 2.45) is 0 Å². The number of amides is 1. The minimum absolute atomic E-state index is 0.0846. The molecule has 31 heavy (non-hydrogen) atoms. The van der Waals surface area contributed by atoms with Gasteiger partial charge in [-0.05, 0) is 35.4 Å². The summed E-state index contributed by atoms with van der Waals surface area (Å²) < 4.78 is 6.13. The lowest BCUT2D eigenvalue weighted by Crippen LogP contribution is -2.29. The summed E-state index contributed by atoms with van der Waals surface area (Å²) in [5.74, 6) is -0.861. The molecule has 156 valence electrons. The highest BCUT2D eigenvalue weighted by Gasteiger charge is 2.46. The number of likely N-dealkylation sites (tertiary alicyclic amines) is 1. The van der Waals surface area contributed by atoms with Gasteiger partial charge in [-0.1, -0.05) is 70.5 Å². The molecule has 1 unspecified atom stereocenters. The van der Waals surface area contributed by atoms with Gasteiger partial charge >= 0.3 is 0 Å². The van der Waals surface area contributed by atoms with Crippen LogP contribution in [-0.2, 0) is 16.1 Å². The van der Waals surface area contributed by atoms with Gasteiger partial charge in [0, 0.05) is 16.6 Å². The van der Waals surface area contributed by atoms with Gasteiger partial charge in [-0.15, -0.1) is 0 Å². The normalized spacial score (nSPS) is 17.7. The molecule has 0 spiro atoms. The maximum absolute atomic E-state index is 13.1. The largest absolute Gasteiger partial charge is 0.507 e. The zero-order chi connectivity index (χ0) is 22.0. The average Bonchev–Trinajstić information content (AvgIpc) is 3.04. The molecule has 1 amide bonds. The molecule has 0 bridgehead atoms. The Morgan fingerprint density at radius 3 is 2.39 bits per heavy atom. The van der Waals surface area contributed by atoms with Crippen LogP contribution in [0.4, 0.5) is 0 Å². The molecule has 5 nitrogen and oxygen atoms in total. The summed E-state index contributed by atoms with van der Waals surface area (Å²) in [6.45, 7) is 0.207. The molecular formula is C25H20BrNO4. The lowest BCUT2D eigenvalue weighted by atomic mass is 9.95. The number of methoxy groups -OCH3 is 1. The Morgan fingerprint density at radius 1 is 1.00 bits per heavy atom. The molecule has 0 aromatic heterocycles. The van der Waals surface area contributed by atoms with Crippen LogP contribution in [0, 0.1) is 0 Å². The van der Waals surface area contributed by atoms with E-state index in [9.17, 15) is 14.7 Å². The van der Waals surface area contributed by atoms with Crippen molar-refractivity contribution in [1.29, 1.82) is 0 Å². The molecule has 0 saturated carbocycles. The summed E-state index contributed by atoms with van der Waals surface area (Å²) >= 11 is 3.37. The van der Waals surface area contributed by atoms with Crippen molar-refractivity contribution in [3.63, 3.8) is 0 Å². The highest BCUT2D eigenvalue weighted by molar-refractivity contribution is 9.10. The van der Waals surface area contributed by atoms with Crippen LogP contribution >= 0.6 is 15.9 Å². The molecule has 0 radical (unpaired) electrons. The predicted molar refractivity (Wildman–Crippen MR) is 121 cm³/mol. The van der Waals surface area contributed by atoms with Crippen LogP contribution in [0.5, 0.6) is 5.75 Å². The van der Waals surface area contributed by atoms with Crippen molar-refractivity contribution in [2.75, 3.05) is 7.11 Å². The summed E-state index contributed by atoms with van der Waals surface area (Å²) in [5, 5.41) is 11.0. The first-order chi connectivity index (χ1) is 15.0. The Bertz CT molecular complexity index is 1160. The van der Waals surface area contributed by atoms with Gasteiger partial charge in [-0.25, -0.2) is 0 Å². The first-order valence-electron chi connectivity index (χ1n) is 9.72. The van der Waals surface area contributed by atoms with E-state index in [0.717, 1.165) is 15.6 Å². The van der Waals surface area contributed by atoms with E-state index in [1.807, 2.05) is 54.6 Å². The summed E-state index contributed by atoms with van der Waals surface area (Å²) in [6, 6.07) is 22.9. The van der Waals surface area contributed by atoms with Gasteiger partial charge in [0.25, 0.3) is 11.7 Å². The zero-order valence-corrected chi connectivity index (χ0v) is 18.4. The van der Waals surface area contributed by atoms with Gasteiger partial charge in [0.15, 0.2) is 0 Å². The number of halogens is 1. The third-order valence-corrected chi connectivity index (χ3v) is 5.79. The third-order valence-electron chi connectivity index (χ3n) is 5.26. The second kappa shape index (κ2) is 8.78. The molecule has 0 aliphatic carbocycles. The first kappa shape index (κ1) is 20.9. The van der Waals surface area contributed by atoms with E-state index in [1.165, 1.54) is 4.90 Å². The number of aliphatic hydroxyl groups excluding tert-OH is 1. The van der Waals surface area contributed by atoms with E-state index < -0.39 is 17.7 Å². The number of ether oxygens (including phenoxy) is 1. The first-order valence-corrected chi connectivity index (χ1v) is 10.5. The van der Waals surface area contributed by atoms with Crippen molar-refractivity contribution < 1.29 is 19.4 Å². The van der Waals surface area contributed by atoms with Crippen LogP contribution in [0.25, 0.3) is 5.76 Å². The molecule has 1 aliphatic heterocycles. The minimum Gasteiger partial charge on any atom is -0.507 e. The summed E-state index contributed by atoms with van der Waals surface area (Å²) in [7, 11) is 1.58. The third kappa shape index (κ3) is 4.11. The Labute approximate surface area is 188 Å². The Morgan fingerprint density at radius 2 is 1.71 bits per heavy atom. The molecule has 1 aliphatic rings. The van der Waals surface area contributed by atoms with Crippen LogP contribution in [0.3, 0.4) is 0 Å². The maximum atomic E-state index is 13.1. The smallest absolute Gasteiger partial charge is 0.295 e. The number of benzene rings is 3. The minimum atomic E-state index is -0.698. The Kier molecular flexibility index (Phi) is 5.91. The van der Waals surface area contributed by atoms with Crippen LogP contribution in [0.1, 0.15) is 22.7 Å². The number of aliphatic hydroxyl groups is 1. The summed E-state index contributed by atoms with van der Waals surface area (Å²) in [5.41, 5.74) is 2.14. The molecular weight excluding hydrogens is 458 g/mol. The highest BCUT2D eigenvalue weighted by Crippen LogP contribution is 2.40. The number of ketones is 1. The maximum Gasteiger partial charge on any atom is 0.295 e. The monoisotopic (exact) mass is 477 g/mol. The lowest BCUT2D eigenvalue weighted by molar-refractivity contribution is -0.140. The molecule has 1 atom stereocenters. The van der Waals surface area contributed by atoms with Crippen molar-refractivity contribution >= 4 is 33.4 Å². The molecule has 1 fully saturated rings. The van der Waals surface area contributed by atoms with Crippen LogP contribution < -0.4 is 4.74 Å². The number of carbonyl (C=O) groups is 2. The van der Waals surface area contributed by atoms with E-state index >= 15 is 0 Å². The zero-order valence-electron chi connectivity index (χ0n) is 16.8. The molecule has 6 heteroatoms. The number of nitrogens with zero attached hydrogens (tertiary/aromatic N) is 1. The molecule has 1 heterocycles. The number of Topliss-reactive ketones (excluding diaryl/α,β-unsaturated/α-hetero) is 1. The standard InChI is InChI=1S/C25H20BrNO4/c1-31-20-9-5-6-16(14-20)15-27-22(17-7-3-2-4-8-17)21(24(29)25(27)30)23(28)18-10-12-19(26)13-11-18/h2-14,22,28H,15H2,1H3/b23-21-. The number of hydrogen-bond acceptors (Lipinski definition) is 4. The molecule has 1 saturated heterocycles. The number of hydrogen-bond donors (Lipinski definition) is 1. The van der Waals surface area contributed by atoms with Gasteiger partial charge in [-0.2, -0.15) is 0 Å². The fraction of sp³-hybridized carbons (Fsp3) is 0.120. The van der Waals surface area contributed by atoms with Gasteiger partial charge in [0.05, 0.1) is 18.7 Å². The Balaban J connectivity index is 1.83. The summed E-state index contributed by atoms with van der Waals surface area (Å²) in [6.07, 6.45) is 0. The quantitative estimate of drug-likeness (QED) is 0.316. The SMILES string of the molecule is COc1cccc(CN2C(=O)C(=O)/C(=C(\O)c3ccc(Br)cc3)C2c2ccccc2)c1. The Hall–Kier alpha value is -3.38. The second-order valence-corrected chi connectivity index (χ2v) is 8.11. The molecule has 3 aromatic carbocycles. The lowest BCUT2D eigenvalue weighted by Gasteiger charge is -2.25. The van der Waals surface area contributed by atoms with Crippen molar-refractivity contribution in [3.05, 3.63) is 106 Å². The molecule has 1 N–H and O–H groups in total.